The van der Waals surface area contributed by atoms with Gasteiger partial charge in [-0.3, -0.25) is 0 Å². The van der Waals surface area contributed by atoms with E-state index >= 15 is 0 Å². The van der Waals surface area contributed by atoms with E-state index in [2.05, 4.69) is 15.3 Å². The standard InChI is InChI=1S/C16H12ClF3N4O2S/c1-27-16-23-22-15(14(19)20)24(16)21-7-10-3-4-11(26-10)8-25-13-5-2-9(18)6-12(13)17/h2-7,14H,8H2,1H3. The third-order valence-electron chi connectivity index (χ3n) is 3.26. The first-order chi connectivity index (χ1) is 13.0. The lowest BCUT2D eigenvalue weighted by atomic mass is 10.3. The molecule has 0 aliphatic carbocycles. The molecule has 0 unspecified atom stereocenters. The van der Waals surface area contributed by atoms with Crippen LogP contribution in [-0.2, 0) is 6.61 Å². The van der Waals surface area contributed by atoms with Gasteiger partial charge in [0.25, 0.3) is 6.43 Å². The van der Waals surface area contributed by atoms with Crippen LogP contribution in [0.25, 0.3) is 0 Å². The Balaban J connectivity index is 1.69. The summed E-state index contributed by atoms with van der Waals surface area (Å²) in [4.78, 5) is 0. The Morgan fingerprint density at radius 2 is 2.15 bits per heavy atom. The summed E-state index contributed by atoms with van der Waals surface area (Å²) < 4.78 is 50.8. The normalized spacial score (nSPS) is 11.6. The minimum absolute atomic E-state index is 0.0458. The fraction of sp³-hybridized carbons (Fsp3) is 0.188. The molecular weight excluding hydrogens is 405 g/mol. The van der Waals surface area contributed by atoms with Crippen LogP contribution in [0.5, 0.6) is 5.75 Å². The molecule has 2 aromatic heterocycles. The molecular formula is C16H12ClF3N4O2S. The minimum Gasteiger partial charge on any atom is -0.484 e. The van der Waals surface area contributed by atoms with E-state index in [9.17, 15) is 13.2 Å². The smallest absolute Gasteiger partial charge is 0.299 e. The van der Waals surface area contributed by atoms with Gasteiger partial charge in [0.1, 0.15) is 29.7 Å². The molecule has 0 N–H and O–H groups in total. The average molecular weight is 417 g/mol. The second-order valence-electron chi connectivity index (χ2n) is 5.07. The average Bonchev–Trinajstić information content (AvgIpc) is 3.25. The van der Waals surface area contributed by atoms with Crippen molar-refractivity contribution >= 4 is 29.6 Å². The number of halogens is 4. The number of alkyl halides is 2. The molecule has 27 heavy (non-hydrogen) atoms. The van der Waals surface area contributed by atoms with Gasteiger partial charge in [0.2, 0.25) is 11.0 Å². The van der Waals surface area contributed by atoms with Crippen LogP contribution in [0, 0.1) is 5.82 Å². The molecule has 0 atom stereocenters. The SMILES string of the molecule is CSc1nnc(C(F)F)n1N=Cc1ccc(COc2ccc(F)cc2Cl)o1. The molecule has 0 aliphatic heterocycles. The van der Waals surface area contributed by atoms with Crippen LogP contribution in [0.3, 0.4) is 0 Å². The van der Waals surface area contributed by atoms with E-state index in [0.29, 0.717) is 17.3 Å². The van der Waals surface area contributed by atoms with Gasteiger partial charge in [-0.15, -0.1) is 10.2 Å². The molecule has 0 saturated heterocycles. The number of hydrogen-bond acceptors (Lipinski definition) is 6. The molecule has 0 radical (unpaired) electrons. The zero-order valence-electron chi connectivity index (χ0n) is 13.8. The molecule has 2 heterocycles. The summed E-state index contributed by atoms with van der Waals surface area (Å²) in [5, 5.41) is 11.4. The zero-order valence-corrected chi connectivity index (χ0v) is 15.3. The summed E-state index contributed by atoms with van der Waals surface area (Å²) in [5.41, 5.74) is 0. The van der Waals surface area contributed by atoms with E-state index in [1.54, 1.807) is 18.4 Å². The second kappa shape index (κ2) is 8.49. The van der Waals surface area contributed by atoms with Gasteiger partial charge >= 0.3 is 0 Å². The van der Waals surface area contributed by atoms with Crippen molar-refractivity contribution in [3.63, 3.8) is 0 Å². The van der Waals surface area contributed by atoms with Gasteiger partial charge in [-0.05, 0) is 36.6 Å². The number of thioether (sulfide) groups is 1. The lowest BCUT2D eigenvalue weighted by Gasteiger charge is -2.06. The quantitative estimate of drug-likeness (QED) is 0.409. The van der Waals surface area contributed by atoms with Crippen LogP contribution in [0.15, 0.2) is 45.0 Å². The Kier molecular flexibility index (Phi) is 6.07. The molecule has 3 aromatic rings. The van der Waals surface area contributed by atoms with Gasteiger partial charge in [-0.1, -0.05) is 23.4 Å². The van der Waals surface area contributed by atoms with Crippen LogP contribution in [-0.4, -0.2) is 27.3 Å². The number of ether oxygens (including phenoxy) is 1. The zero-order chi connectivity index (χ0) is 19.4. The van der Waals surface area contributed by atoms with E-state index < -0.39 is 18.1 Å². The number of hydrogen-bond donors (Lipinski definition) is 0. The minimum atomic E-state index is -2.81. The Morgan fingerprint density at radius 3 is 2.85 bits per heavy atom. The van der Waals surface area contributed by atoms with Crippen molar-refractivity contribution in [2.24, 2.45) is 5.10 Å². The largest absolute Gasteiger partial charge is 0.484 e. The van der Waals surface area contributed by atoms with Crippen molar-refractivity contribution in [1.29, 1.82) is 0 Å². The van der Waals surface area contributed by atoms with Crippen molar-refractivity contribution < 1.29 is 22.3 Å². The number of benzene rings is 1. The first-order valence-corrected chi connectivity index (χ1v) is 9.06. The molecule has 11 heteroatoms. The highest BCUT2D eigenvalue weighted by molar-refractivity contribution is 7.98. The highest BCUT2D eigenvalue weighted by Gasteiger charge is 2.19. The topological polar surface area (TPSA) is 65.4 Å². The van der Waals surface area contributed by atoms with Gasteiger partial charge in [0.05, 0.1) is 11.2 Å². The fourth-order valence-corrected chi connectivity index (χ4v) is 2.70. The third kappa shape index (κ3) is 4.64. The predicted molar refractivity (Wildman–Crippen MR) is 94.2 cm³/mol. The Labute approximate surface area is 161 Å². The van der Waals surface area contributed by atoms with Crippen molar-refractivity contribution in [3.8, 4) is 5.75 Å². The maximum atomic E-state index is 13.0. The first kappa shape index (κ1) is 19.3. The van der Waals surface area contributed by atoms with E-state index in [0.717, 1.165) is 22.5 Å². The van der Waals surface area contributed by atoms with Gasteiger partial charge in [0, 0.05) is 0 Å². The summed E-state index contributed by atoms with van der Waals surface area (Å²) in [6.07, 6.45) is 0.133. The Hall–Kier alpha value is -2.46. The van der Waals surface area contributed by atoms with E-state index in [-0.39, 0.29) is 16.8 Å². The van der Waals surface area contributed by atoms with Gasteiger partial charge < -0.3 is 9.15 Å². The summed E-state index contributed by atoms with van der Waals surface area (Å²) >= 11 is 7.02. The fourth-order valence-electron chi connectivity index (χ4n) is 2.05. The van der Waals surface area contributed by atoms with Crippen molar-refractivity contribution in [2.45, 2.75) is 18.2 Å². The highest BCUT2D eigenvalue weighted by Crippen LogP contribution is 2.26. The van der Waals surface area contributed by atoms with Crippen molar-refractivity contribution in [3.05, 3.63) is 58.5 Å². The molecule has 0 bridgehead atoms. The molecule has 0 fully saturated rings. The summed E-state index contributed by atoms with van der Waals surface area (Å²) in [5.74, 6) is 0.0437. The maximum Gasteiger partial charge on any atom is 0.299 e. The van der Waals surface area contributed by atoms with Gasteiger partial charge in [-0.2, -0.15) is 9.78 Å². The molecule has 3 rings (SSSR count). The lowest BCUT2D eigenvalue weighted by molar-refractivity contribution is 0.135. The number of nitrogens with zero attached hydrogens (tertiary/aromatic N) is 4. The van der Waals surface area contributed by atoms with Crippen molar-refractivity contribution in [1.82, 2.24) is 14.9 Å². The molecule has 0 spiro atoms. The second-order valence-corrected chi connectivity index (χ2v) is 6.25. The molecule has 0 saturated carbocycles. The number of furan rings is 1. The molecule has 1 aromatic carbocycles. The van der Waals surface area contributed by atoms with E-state index in [1.165, 1.54) is 18.3 Å². The van der Waals surface area contributed by atoms with Crippen LogP contribution in [0.1, 0.15) is 23.8 Å². The van der Waals surface area contributed by atoms with E-state index in [4.69, 9.17) is 20.8 Å². The molecule has 0 aliphatic rings. The van der Waals surface area contributed by atoms with Gasteiger partial charge in [-0.25, -0.2) is 13.2 Å². The van der Waals surface area contributed by atoms with Crippen LogP contribution >= 0.6 is 23.4 Å². The number of rotatable bonds is 7. The molecule has 6 nitrogen and oxygen atoms in total. The maximum absolute atomic E-state index is 13.0. The molecule has 142 valence electrons. The number of aromatic nitrogens is 3. The van der Waals surface area contributed by atoms with E-state index in [1.807, 2.05) is 0 Å². The summed E-state index contributed by atoms with van der Waals surface area (Å²) in [6.45, 7) is 0.0458. The Morgan fingerprint density at radius 1 is 1.33 bits per heavy atom. The molecule has 0 amide bonds. The summed E-state index contributed by atoms with van der Waals surface area (Å²) in [7, 11) is 0. The first-order valence-electron chi connectivity index (χ1n) is 7.46. The monoisotopic (exact) mass is 416 g/mol. The Bertz CT molecular complexity index is 961. The summed E-state index contributed by atoms with van der Waals surface area (Å²) in [6, 6.07) is 7.00. The van der Waals surface area contributed by atoms with Crippen LogP contribution in [0.4, 0.5) is 13.2 Å². The van der Waals surface area contributed by atoms with Gasteiger partial charge in [0.15, 0.2) is 0 Å². The van der Waals surface area contributed by atoms with Crippen LogP contribution in [0.2, 0.25) is 5.02 Å². The third-order valence-corrected chi connectivity index (χ3v) is 4.18. The lowest BCUT2D eigenvalue weighted by Crippen LogP contribution is -2.00. The predicted octanol–water partition coefficient (Wildman–Crippen LogP) is 4.78. The highest BCUT2D eigenvalue weighted by atomic mass is 35.5. The van der Waals surface area contributed by atoms with Crippen LogP contribution < -0.4 is 4.74 Å². The van der Waals surface area contributed by atoms with Crippen molar-refractivity contribution in [2.75, 3.05) is 6.26 Å².